The van der Waals surface area contributed by atoms with E-state index in [0.717, 1.165) is 18.8 Å². The molecule has 2 aromatic carbocycles. The lowest BCUT2D eigenvalue weighted by Gasteiger charge is -2.40. The van der Waals surface area contributed by atoms with Crippen LogP contribution in [0.15, 0.2) is 54.6 Å². The van der Waals surface area contributed by atoms with E-state index < -0.39 is 0 Å². The van der Waals surface area contributed by atoms with Crippen molar-refractivity contribution >= 4 is 0 Å². The molecule has 0 saturated heterocycles. The third kappa shape index (κ3) is 2.37. The highest BCUT2D eigenvalue weighted by molar-refractivity contribution is 5.40. The van der Waals surface area contributed by atoms with Gasteiger partial charge in [-0.15, -0.1) is 0 Å². The van der Waals surface area contributed by atoms with E-state index in [1.165, 1.54) is 24.0 Å². The highest BCUT2D eigenvalue weighted by Crippen LogP contribution is 2.46. The molecule has 0 atom stereocenters. The second-order valence-corrected chi connectivity index (χ2v) is 6.14. The summed E-state index contributed by atoms with van der Waals surface area (Å²) in [6.45, 7) is 2.33. The van der Waals surface area contributed by atoms with Gasteiger partial charge in [-0.25, -0.2) is 4.39 Å². The molecule has 1 aliphatic rings. The molecule has 1 heteroatoms. The average Bonchev–Trinajstić information content (AvgIpc) is 2.50. The Bertz CT molecular complexity index is 548. The zero-order valence-corrected chi connectivity index (χ0v) is 12.0. The monoisotopic (exact) mass is 268 g/mol. The molecule has 0 bridgehead atoms. The lowest BCUT2D eigenvalue weighted by atomic mass is 9.63. The number of hydrogen-bond donors (Lipinski definition) is 0. The molecular formula is C19H21F. The predicted molar refractivity (Wildman–Crippen MR) is 81.3 cm³/mol. The summed E-state index contributed by atoms with van der Waals surface area (Å²) in [5.41, 5.74) is 2.71. The Morgan fingerprint density at radius 3 is 2.00 bits per heavy atom. The topological polar surface area (TPSA) is 0 Å². The minimum atomic E-state index is -0.152. The lowest BCUT2D eigenvalue weighted by Crippen LogP contribution is -2.32. The average molecular weight is 268 g/mol. The summed E-state index contributed by atoms with van der Waals surface area (Å²) in [4.78, 5) is 0. The summed E-state index contributed by atoms with van der Waals surface area (Å²) >= 11 is 0. The summed E-state index contributed by atoms with van der Waals surface area (Å²) in [6.07, 6.45) is 4.80. The minimum absolute atomic E-state index is 0.0709. The molecule has 0 spiro atoms. The minimum Gasteiger partial charge on any atom is -0.207 e. The molecule has 0 aromatic heterocycles. The quantitative estimate of drug-likeness (QED) is 0.691. The third-order valence-electron chi connectivity index (χ3n) is 4.85. The molecule has 0 amide bonds. The summed E-state index contributed by atoms with van der Waals surface area (Å²) < 4.78 is 13.2. The Morgan fingerprint density at radius 1 is 0.850 bits per heavy atom. The van der Waals surface area contributed by atoms with Gasteiger partial charge in [0.15, 0.2) is 0 Å². The van der Waals surface area contributed by atoms with Crippen molar-refractivity contribution in [2.75, 3.05) is 0 Å². The van der Waals surface area contributed by atoms with Crippen LogP contribution >= 0.6 is 0 Å². The van der Waals surface area contributed by atoms with E-state index >= 15 is 0 Å². The van der Waals surface area contributed by atoms with Crippen molar-refractivity contribution < 1.29 is 4.39 Å². The van der Waals surface area contributed by atoms with Gasteiger partial charge in [0, 0.05) is 5.41 Å². The van der Waals surface area contributed by atoms with Crippen LogP contribution in [0.1, 0.15) is 43.7 Å². The van der Waals surface area contributed by atoms with Gasteiger partial charge in [0.1, 0.15) is 5.82 Å². The van der Waals surface area contributed by atoms with E-state index in [1.807, 2.05) is 12.1 Å². The highest BCUT2D eigenvalue weighted by atomic mass is 19.1. The Labute approximate surface area is 120 Å². The molecule has 20 heavy (non-hydrogen) atoms. The Balaban J connectivity index is 2.06. The van der Waals surface area contributed by atoms with Crippen molar-refractivity contribution in [3.8, 4) is 0 Å². The van der Waals surface area contributed by atoms with Gasteiger partial charge in [0.2, 0.25) is 0 Å². The van der Waals surface area contributed by atoms with E-state index in [4.69, 9.17) is 0 Å². The smallest absolute Gasteiger partial charge is 0.123 e. The van der Waals surface area contributed by atoms with E-state index in [0.29, 0.717) is 0 Å². The SMILES string of the molecule is CC1CCC(c2ccccc2)(c2ccc(F)cc2)CC1. The molecule has 1 fully saturated rings. The van der Waals surface area contributed by atoms with E-state index in [9.17, 15) is 4.39 Å². The van der Waals surface area contributed by atoms with Gasteiger partial charge < -0.3 is 0 Å². The van der Waals surface area contributed by atoms with Crippen molar-refractivity contribution in [3.63, 3.8) is 0 Å². The molecule has 0 nitrogen and oxygen atoms in total. The van der Waals surface area contributed by atoms with Crippen LogP contribution in [0.3, 0.4) is 0 Å². The van der Waals surface area contributed by atoms with Crippen LogP contribution in [0.5, 0.6) is 0 Å². The normalized spacial score (nSPS) is 26.4. The first-order valence-electron chi connectivity index (χ1n) is 7.52. The van der Waals surface area contributed by atoms with Crippen molar-refractivity contribution in [1.82, 2.24) is 0 Å². The van der Waals surface area contributed by atoms with Crippen molar-refractivity contribution in [2.45, 2.75) is 38.0 Å². The first-order chi connectivity index (χ1) is 9.71. The molecular weight excluding hydrogens is 247 g/mol. The molecule has 0 unspecified atom stereocenters. The van der Waals surface area contributed by atoms with Crippen LogP contribution in [0.25, 0.3) is 0 Å². The van der Waals surface area contributed by atoms with Crippen LogP contribution in [0.2, 0.25) is 0 Å². The first-order valence-corrected chi connectivity index (χ1v) is 7.52. The Hall–Kier alpha value is -1.63. The maximum Gasteiger partial charge on any atom is 0.123 e. The van der Waals surface area contributed by atoms with Crippen LogP contribution in [-0.2, 0) is 5.41 Å². The van der Waals surface area contributed by atoms with Gasteiger partial charge in [-0.3, -0.25) is 0 Å². The molecule has 3 rings (SSSR count). The number of rotatable bonds is 2. The maximum atomic E-state index is 13.2. The summed E-state index contributed by atoms with van der Waals surface area (Å²) in [6, 6.07) is 17.9. The fraction of sp³-hybridized carbons (Fsp3) is 0.368. The fourth-order valence-corrected chi connectivity index (χ4v) is 3.53. The molecule has 0 radical (unpaired) electrons. The van der Waals surface area contributed by atoms with Crippen molar-refractivity contribution in [1.29, 1.82) is 0 Å². The zero-order chi connectivity index (χ0) is 14.0. The van der Waals surface area contributed by atoms with Gasteiger partial charge in [0.25, 0.3) is 0 Å². The molecule has 0 heterocycles. The Morgan fingerprint density at radius 2 is 1.40 bits per heavy atom. The first kappa shape index (κ1) is 13.4. The van der Waals surface area contributed by atoms with Crippen LogP contribution in [0.4, 0.5) is 4.39 Å². The predicted octanol–water partition coefficient (Wildman–Crippen LogP) is 5.32. The summed E-state index contributed by atoms with van der Waals surface area (Å²) in [5, 5.41) is 0. The largest absolute Gasteiger partial charge is 0.207 e. The summed E-state index contributed by atoms with van der Waals surface area (Å²) in [5.74, 6) is 0.647. The van der Waals surface area contributed by atoms with E-state index in [1.54, 1.807) is 12.1 Å². The van der Waals surface area contributed by atoms with Gasteiger partial charge in [0.05, 0.1) is 0 Å². The third-order valence-corrected chi connectivity index (χ3v) is 4.85. The molecule has 1 saturated carbocycles. The van der Waals surface area contributed by atoms with Crippen LogP contribution in [-0.4, -0.2) is 0 Å². The maximum absolute atomic E-state index is 13.2. The number of benzene rings is 2. The number of hydrogen-bond acceptors (Lipinski definition) is 0. The highest BCUT2D eigenvalue weighted by Gasteiger charge is 2.37. The standard InChI is InChI=1S/C19H21F/c1-15-11-13-19(14-12-15,16-5-3-2-4-6-16)17-7-9-18(20)10-8-17/h2-10,15H,11-14H2,1H3. The molecule has 0 aliphatic heterocycles. The fourth-order valence-electron chi connectivity index (χ4n) is 3.53. The van der Waals surface area contributed by atoms with Gasteiger partial charge in [-0.1, -0.05) is 49.4 Å². The second-order valence-electron chi connectivity index (χ2n) is 6.14. The molecule has 0 N–H and O–H groups in total. The zero-order valence-electron chi connectivity index (χ0n) is 12.0. The van der Waals surface area contributed by atoms with E-state index in [-0.39, 0.29) is 11.2 Å². The van der Waals surface area contributed by atoms with E-state index in [2.05, 4.69) is 37.3 Å². The van der Waals surface area contributed by atoms with Crippen molar-refractivity contribution in [2.24, 2.45) is 5.92 Å². The molecule has 2 aromatic rings. The van der Waals surface area contributed by atoms with Gasteiger partial charge in [-0.2, -0.15) is 0 Å². The number of halogens is 1. The molecule has 1 aliphatic carbocycles. The van der Waals surface area contributed by atoms with Crippen molar-refractivity contribution in [3.05, 3.63) is 71.5 Å². The van der Waals surface area contributed by atoms with Gasteiger partial charge >= 0.3 is 0 Å². The van der Waals surface area contributed by atoms with Gasteiger partial charge in [-0.05, 0) is 54.9 Å². The van der Waals surface area contributed by atoms with Crippen LogP contribution < -0.4 is 0 Å². The summed E-state index contributed by atoms with van der Waals surface area (Å²) in [7, 11) is 0. The Kier molecular flexibility index (Phi) is 3.60. The second kappa shape index (κ2) is 5.40. The lowest BCUT2D eigenvalue weighted by molar-refractivity contribution is 0.280. The van der Waals surface area contributed by atoms with Crippen LogP contribution in [0, 0.1) is 11.7 Å². The molecule has 104 valence electrons.